The van der Waals surface area contributed by atoms with Gasteiger partial charge in [0.25, 0.3) is 5.91 Å². The summed E-state index contributed by atoms with van der Waals surface area (Å²) in [5.74, 6) is 1.66. The zero-order valence-corrected chi connectivity index (χ0v) is 18.0. The lowest BCUT2D eigenvalue weighted by molar-refractivity contribution is -0.130. The van der Waals surface area contributed by atoms with Gasteiger partial charge in [0.2, 0.25) is 4.77 Å². The molecule has 0 unspecified atom stereocenters. The van der Waals surface area contributed by atoms with E-state index in [9.17, 15) is 4.79 Å². The van der Waals surface area contributed by atoms with Gasteiger partial charge in [-0.15, -0.1) is 0 Å². The lowest BCUT2D eigenvalue weighted by atomic mass is 9.96. The van der Waals surface area contributed by atoms with E-state index in [1.165, 1.54) is 4.90 Å². The first-order valence-corrected chi connectivity index (χ1v) is 9.36. The van der Waals surface area contributed by atoms with Crippen molar-refractivity contribution in [3.05, 3.63) is 34.4 Å². The van der Waals surface area contributed by atoms with Crippen molar-refractivity contribution in [2.24, 2.45) is 5.10 Å². The number of aromatic nitrogens is 3. The molecule has 0 aliphatic carbocycles. The molecule has 8 nitrogen and oxygen atoms in total. The Balaban J connectivity index is 2.27. The van der Waals surface area contributed by atoms with Gasteiger partial charge in [-0.25, -0.2) is 0 Å². The molecule has 0 spiro atoms. The van der Waals surface area contributed by atoms with Gasteiger partial charge in [-0.05, 0) is 42.9 Å². The fraction of sp³-hybridized carbons (Fsp3) is 0.474. The maximum absolute atomic E-state index is 11.7. The molecule has 1 amide bonds. The molecule has 0 saturated heterocycles. The van der Waals surface area contributed by atoms with Gasteiger partial charge in [0.1, 0.15) is 0 Å². The fourth-order valence-corrected chi connectivity index (χ4v) is 2.45. The number of ether oxygens (including phenoxy) is 2. The number of benzene rings is 1. The van der Waals surface area contributed by atoms with Crippen LogP contribution in [0.3, 0.4) is 0 Å². The van der Waals surface area contributed by atoms with Crippen molar-refractivity contribution in [1.82, 2.24) is 19.8 Å². The van der Waals surface area contributed by atoms with E-state index in [1.54, 1.807) is 31.1 Å². The Morgan fingerprint density at radius 1 is 1.32 bits per heavy atom. The van der Waals surface area contributed by atoms with E-state index in [1.807, 2.05) is 39.8 Å². The quantitative estimate of drug-likeness (QED) is 0.565. The first-order chi connectivity index (χ1) is 13.1. The van der Waals surface area contributed by atoms with Gasteiger partial charge in [0, 0.05) is 19.5 Å². The molecule has 1 heterocycles. The zero-order valence-electron chi connectivity index (χ0n) is 17.1. The molecule has 0 fully saturated rings. The largest absolute Gasteiger partial charge is 0.490 e. The number of hydrogen-bond acceptors (Lipinski definition) is 6. The van der Waals surface area contributed by atoms with Crippen LogP contribution >= 0.6 is 12.2 Å². The number of carbonyl (C=O) groups excluding carboxylic acids is 1. The smallest absolute Gasteiger partial charge is 0.259 e. The second-order valence-corrected chi connectivity index (χ2v) is 7.76. The molecule has 1 N–H and O–H groups in total. The molecular weight excluding hydrogens is 378 g/mol. The first-order valence-electron chi connectivity index (χ1n) is 8.95. The minimum absolute atomic E-state index is 0.0559. The predicted molar refractivity (Wildman–Crippen MR) is 111 cm³/mol. The third-order valence-corrected chi connectivity index (χ3v) is 4.03. The molecular formula is C19H27N5O3S. The number of hydrogen-bond donors (Lipinski definition) is 1. The normalized spacial score (nSPS) is 11.6. The van der Waals surface area contributed by atoms with Crippen molar-refractivity contribution in [1.29, 1.82) is 0 Å². The highest BCUT2D eigenvalue weighted by atomic mass is 32.1. The van der Waals surface area contributed by atoms with E-state index in [0.717, 1.165) is 11.4 Å². The van der Waals surface area contributed by atoms with Crippen LogP contribution in [0.2, 0.25) is 0 Å². The molecule has 0 bridgehead atoms. The summed E-state index contributed by atoms with van der Waals surface area (Å²) < 4.78 is 13.3. The third kappa shape index (κ3) is 5.41. The van der Waals surface area contributed by atoms with Gasteiger partial charge in [-0.3, -0.25) is 9.89 Å². The van der Waals surface area contributed by atoms with E-state index in [4.69, 9.17) is 21.7 Å². The SMILES string of the molecule is CCOc1cc(/C=N\n2c(C(C)(C)C)n[nH]c2=S)ccc1OCC(=O)N(C)C. The van der Waals surface area contributed by atoms with Gasteiger partial charge in [-0.1, -0.05) is 20.8 Å². The molecule has 0 aliphatic heterocycles. The number of carbonyl (C=O) groups is 1. The molecule has 0 saturated carbocycles. The molecule has 2 aromatic rings. The Labute approximate surface area is 170 Å². The number of likely N-dealkylation sites (N-methyl/N-ethyl adjacent to an activating group) is 1. The van der Waals surface area contributed by atoms with Gasteiger partial charge >= 0.3 is 0 Å². The summed E-state index contributed by atoms with van der Waals surface area (Å²) in [6.45, 7) is 8.42. The summed E-state index contributed by atoms with van der Waals surface area (Å²) in [6, 6.07) is 5.40. The Morgan fingerprint density at radius 3 is 2.64 bits per heavy atom. The number of nitrogens with one attached hydrogen (secondary N) is 1. The number of amides is 1. The minimum atomic E-state index is -0.210. The molecule has 1 aromatic carbocycles. The van der Waals surface area contributed by atoms with Gasteiger partial charge < -0.3 is 14.4 Å². The molecule has 0 radical (unpaired) electrons. The predicted octanol–water partition coefficient (Wildman–Crippen LogP) is 2.99. The van der Waals surface area contributed by atoms with Crippen LogP contribution < -0.4 is 9.47 Å². The van der Waals surface area contributed by atoms with Gasteiger partial charge in [-0.2, -0.15) is 14.9 Å². The number of H-pyrrole nitrogens is 1. The van der Waals surface area contributed by atoms with E-state index in [0.29, 0.717) is 22.9 Å². The van der Waals surface area contributed by atoms with Crippen molar-refractivity contribution in [3.8, 4) is 11.5 Å². The van der Waals surface area contributed by atoms with Gasteiger partial charge in [0.15, 0.2) is 23.9 Å². The highest BCUT2D eigenvalue weighted by Crippen LogP contribution is 2.28. The van der Waals surface area contributed by atoms with Crippen LogP contribution in [-0.2, 0) is 10.2 Å². The summed E-state index contributed by atoms with van der Waals surface area (Å²) >= 11 is 5.28. The third-order valence-electron chi connectivity index (χ3n) is 3.76. The number of nitrogens with zero attached hydrogens (tertiary/aromatic N) is 4. The maximum Gasteiger partial charge on any atom is 0.259 e. The number of rotatable bonds is 7. The Bertz CT molecular complexity index is 909. The van der Waals surface area contributed by atoms with Gasteiger partial charge in [0.05, 0.1) is 12.8 Å². The van der Waals surface area contributed by atoms with Crippen LogP contribution in [-0.4, -0.2) is 59.2 Å². The molecule has 152 valence electrons. The van der Waals surface area contributed by atoms with E-state index >= 15 is 0 Å². The van der Waals surface area contributed by atoms with Crippen LogP contribution in [0.5, 0.6) is 11.5 Å². The van der Waals surface area contributed by atoms with Crippen LogP contribution in [0.4, 0.5) is 0 Å². The minimum Gasteiger partial charge on any atom is -0.490 e. The Morgan fingerprint density at radius 2 is 2.04 bits per heavy atom. The average molecular weight is 406 g/mol. The standard InChI is InChI=1S/C19H27N5O3S/c1-7-26-15-10-13(8-9-14(15)27-12-16(25)23(5)6)11-20-24-17(19(2,3)4)21-22-18(24)28/h8-11H,7,12H2,1-6H3,(H,22,28)/b20-11-. The highest BCUT2D eigenvalue weighted by Gasteiger charge is 2.21. The lowest BCUT2D eigenvalue weighted by Crippen LogP contribution is -2.27. The van der Waals surface area contributed by atoms with Crippen molar-refractivity contribution >= 4 is 24.3 Å². The highest BCUT2D eigenvalue weighted by molar-refractivity contribution is 7.71. The molecule has 28 heavy (non-hydrogen) atoms. The van der Waals surface area contributed by atoms with Crippen molar-refractivity contribution in [3.63, 3.8) is 0 Å². The summed E-state index contributed by atoms with van der Waals surface area (Å²) in [5.41, 5.74) is 0.593. The molecule has 0 aliphatic rings. The van der Waals surface area contributed by atoms with Crippen LogP contribution in [0.25, 0.3) is 0 Å². The van der Waals surface area contributed by atoms with E-state index in [-0.39, 0.29) is 17.9 Å². The Hall–Kier alpha value is -2.68. The number of aromatic amines is 1. The molecule has 1 aromatic heterocycles. The first kappa shape index (κ1) is 21.6. The average Bonchev–Trinajstić information content (AvgIpc) is 3.00. The summed E-state index contributed by atoms with van der Waals surface area (Å²) in [7, 11) is 3.36. The van der Waals surface area contributed by atoms with Crippen LogP contribution in [0, 0.1) is 4.77 Å². The van der Waals surface area contributed by atoms with Crippen molar-refractivity contribution in [2.75, 3.05) is 27.3 Å². The second-order valence-electron chi connectivity index (χ2n) is 7.37. The fourth-order valence-electron chi connectivity index (χ4n) is 2.27. The van der Waals surface area contributed by atoms with Crippen LogP contribution in [0.1, 0.15) is 39.1 Å². The maximum atomic E-state index is 11.7. The topological polar surface area (TPSA) is 84.7 Å². The summed E-state index contributed by atoms with van der Waals surface area (Å²) in [5, 5.41) is 11.5. The van der Waals surface area contributed by atoms with E-state index in [2.05, 4.69) is 15.3 Å². The zero-order chi connectivity index (χ0) is 20.9. The molecule has 9 heteroatoms. The summed E-state index contributed by atoms with van der Waals surface area (Å²) in [6.07, 6.45) is 1.68. The second kappa shape index (κ2) is 9.01. The lowest BCUT2D eigenvalue weighted by Gasteiger charge is -2.16. The van der Waals surface area contributed by atoms with Crippen LogP contribution in [0.15, 0.2) is 23.3 Å². The Kier molecular flexibility index (Phi) is 6.95. The van der Waals surface area contributed by atoms with E-state index < -0.39 is 0 Å². The van der Waals surface area contributed by atoms with Crippen molar-refractivity contribution < 1.29 is 14.3 Å². The van der Waals surface area contributed by atoms with Crippen molar-refractivity contribution in [2.45, 2.75) is 33.1 Å². The summed E-state index contributed by atoms with van der Waals surface area (Å²) in [4.78, 5) is 13.2. The molecule has 2 rings (SSSR count). The monoisotopic (exact) mass is 405 g/mol. The molecule has 0 atom stereocenters.